The van der Waals surface area contributed by atoms with E-state index in [0.717, 1.165) is 23.4 Å². The minimum absolute atomic E-state index is 0.0419. The van der Waals surface area contributed by atoms with E-state index in [4.69, 9.17) is 20.8 Å². The summed E-state index contributed by atoms with van der Waals surface area (Å²) in [7, 11) is 0. The molecule has 2 aliphatic rings. The molecule has 0 N–H and O–H groups in total. The summed E-state index contributed by atoms with van der Waals surface area (Å²) in [6.07, 6.45) is 2.96. The SMILES string of the molecule is CCC(=O)N1c2ccc(Cl)cc2[C@@H]2OCC[C@H]2[C@@H]1c1ccco1. The van der Waals surface area contributed by atoms with E-state index in [2.05, 4.69) is 0 Å². The Morgan fingerprint density at radius 2 is 2.26 bits per heavy atom. The minimum atomic E-state index is -0.126. The third-order valence-electron chi connectivity index (χ3n) is 4.78. The molecule has 1 amide bonds. The molecule has 1 aromatic carbocycles. The predicted octanol–water partition coefficient (Wildman–Crippen LogP) is 4.51. The molecule has 0 aliphatic carbocycles. The zero-order chi connectivity index (χ0) is 16.0. The van der Waals surface area contributed by atoms with E-state index < -0.39 is 0 Å². The molecule has 4 rings (SSSR count). The van der Waals surface area contributed by atoms with Crippen molar-refractivity contribution in [3.63, 3.8) is 0 Å². The van der Waals surface area contributed by atoms with Gasteiger partial charge in [0.2, 0.25) is 5.91 Å². The summed E-state index contributed by atoms with van der Waals surface area (Å²) in [5, 5.41) is 0.665. The van der Waals surface area contributed by atoms with Crippen LogP contribution in [0.4, 0.5) is 5.69 Å². The Morgan fingerprint density at radius 1 is 1.39 bits per heavy atom. The highest BCUT2D eigenvalue weighted by atomic mass is 35.5. The van der Waals surface area contributed by atoms with E-state index >= 15 is 0 Å². The number of furan rings is 1. The highest BCUT2D eigenvalue weighted by molar-refractivity contribution is 6.30. The van der Waals surface area contributed by atoms with Crippen LogP contribution in [0.2, 0.25) is 5.02 Å². The van der Waals surface area contributed by atoms with Gasteiger partial charge >= 0.3 is 0 Å². The van der Waals surface area contributed by atoms with Crippen molar-refractivity contribution < 1.29 is 13.9 Å². The Balaban J connectivity index is 1.91. The van der Waals surface area contributed by atoms with Gasteiger partial charge in [-0.25, -0.2) is 0 Å². The molecule has 0 radical (unpaired) electrons. The monoisotopic (exact) mass is 331 g/mol. The lowest BCUT2D eigenvalue weighted by Crippen LogP contribution is -2.43. The van der Waals surface area contributed by atoms with Gasteiger partial charge in [0.15, 0.2) is 0 Å². The summed E-state index contributed by atoms with van der Waals surface area (Å²) in [6.45, 7) is 2.57. The van der Waals surface area contributed by atoms with Gasteiger partial charge < -0.3 is 14.1 Å². The van der Waals surface area contributed by atoms with Crippen molar-refractivity contribution in [2.45, 2.75) is 31.9 Å². The molecular formula is C18H18ClNO3. The second-order valence-electron chi connectivity index (χ2n) is 6.02. The first kappa shape index (κ1) is 14.8. The van der Waals surface area contributed by atoms with Gasteiger partial charge in [-0.15, -0.1) is 0 Å². The maximum absolute atomic E-state index is 12.7. The van der Waals surface area contributed by atoms with Gasteiger partial charge in [-0.2, -0.15) is 0 Å². The number of benzene rings is 1. The van der Waals surface area contributed by atoms with Gasteiger partial charge in [-0.1, -0.05) is 18.5 Å². The Labute approximate surface area is 140 Å². The lowest BCUT2D eigenvalue weighted by Gasteiger charge is -2.42. The van der Waals surface area contributed by atoms with Crippen molar-refractivity contribution in [1.29, 1.82) is 0 Å². The van der Waals surface area contributed by atoms with E-state index in [1.807, 2.05) is 42.2 Å². The molecule has 0 bridgehead atoms. The number of amides is 1. The summed E-state index contributed by atoms with van der Waals surface area (Å²) in [5.74, 6) is 1.08. The molecule has 3 heterocycles. The highest BCUT2D eigenvalue weighted by Crippen LogP contribution is 2.53. The van der Waals surface area contributed by atoms with E-state index in [9.17, 15) is 4.79 Å². The fourth-order valence-corrected chi connectivity index (χ4v) is 4.00. The van der Waals surface area contributed by atoms with Crippen LogP contribution >= 0.6 is 11.6 Å². The predicted molar refractivity (Wildman–Crippen MR) is 87.5 cm³/mol. The van der Waals surface area contributed by atoms with Crippen LogP contribution in [0.15, 0.2) is 41.0 Å². The third-order valence-corrected chi connectivity index (χ3v) is 5.02. The quantitative estimate of drug-likeness (QED) is 0.813. The Morgan fingerprint density at radius 3 is 3.00 bits per heavy atom. The van der Waals surface area contributed by atoms with Gasteiger partial charge in [0.1, 0.15) is 11.8 Å². The number of ether oxygens (including phenoxy) is 1. The highest BCUT2D eigenvalue weighted by Gasteiger charge is 2.48. The smallest absolute Gasteiger partial charge is 0.227 e. The summed E-state index contributed by atoms with van der Waals surface area (Å²) < 4.78 is 11.7. The summed E-state index contributed by atoms with van der Waals surface area (Å²) in [5.41, 5.74) is 1.88. The van der Waals surface area contributed by atoms with Crippen molar-refractivity contribution in [3.8, 4) is 0 Å². The van der Waals surface area contributed by atoms with Gasteiger partial charge in [-0.05, 0) is 36.8 Å². The molecule has 1 saturated heterocycles. The number of carbonyl (C=O) groups excluding carboxylic acids is 1. The molecule has 0 unspecified atom stereocenters. The number of carbonyl (C=O) groups is 1. The van der Waals surface area contributed by atoms with Crippen molar-refractivity contribution >= 4 is 23.2 Å². The Hall–Kier alpha value is -1.78. The van der Waals surface area contributed by atoms with Crippen LogP contribution in [0.5, 0.6) is 0 Å². The van der Waals surface area contributed by atoms with Crippen molar-refractivity contribution in [2.24, 2.45) is 5.92 Å². The van der Waals surface area contributed by atoms with Crippen LogP contribution in [0.3, 0.4) is 0 Å². The topological polar surface area (TPSA) is 42.7 Å². The number of hydrogen-bond donors (Lipinski definition) is 0. The number of nitrogens with zero attached hydrogens (tertiary/aromatic N) is 1. The van der Waals surface area contributed by atoms with E-state index in [1.54, 1.807) is 6.26 Å². The molecule has 2 aromatic rings. The van der Waals surface area contributed by atoms with Crippen molar-refractivity contribution in [2.75, 3.05) is 11.5 Å². The molecule has 1 aromatic heterocycles. The van der Waals surface area contributed by atoms with E-state index in [0.29, 0.717) is 18.1 Å². The zero-order valence-corrected chi connectivity index (χ0v) is 13.6. The average Bonchev–Trinajstić information content (AvgIpc) is 3.24. The maximum Gasteiger partial charge on any atom is 0.227 e. The van der Waals surface area contributed by atoms with Crippen molar-refractivity contribution in [1.82, 2.24) is 0 Å². The van der Waals surface area contributed by atoms with Gasteiger partial charge in [0.25, 0.3) is 0 Å². The average molecular weight is 332 g/mol. The zero-order valence-electron chi connectivity index (χ0n) is 12.9. The summed E-state index contributed by atoms with van der Waals surface area (Å²) in [6, 6.07) is 9.35. The summed E-state index contributed by atoms with van der Waals surface area (Å²) >= 11 is 6.19. The molecular weight excluding hydrogens is 314 g/mol. The van der Waals surface area contributed by atoms with Gasteiger partial charge in [-0.3, -0.25) is 4.79 Å². The van der Waals surface area contributed by atoms with E-state index in [-0.39, 0.29) is 24.0 Å². The van der Waals surface area contributed by atoms with Crippen LogP contribution in [-0.4, -0.2) is 12.5 Å². The van der Waals surface area contributed by atoms with Crippen molar-refractivity contribution in [3.05, 3.63) is 52.9 Å². The van der Waals surface area contributed by atoms with Crippen LogP contribution in [0.25, 0.3) is 0 Å². The van der Waals surface area contributed by atoms with E-state index in [1.165, 1.54) is 0 Å². The lowest BCUT2D eigenvalue weighted by atomic mass is 9.81. The maximum atomic E-state index is 12.7. The molecule has 3 atom stereocenters. The fraction of sp³-hybridized carbons (Fsp3) is 0.389. The molecule has 4 nitrogen and oxygen atoms in total. The molecule has 120 valence electrons. The number of halogens is 1. The lowest BCUT2D eigenvalue weighted by molar-refractivity contribution is -0.119. The molecule has 23 heavy (non-hydrogen) atoms. The van der Waals surface area contributed by atoms with Gasteiger partial charge in [0.05, 0.1) is 18.1 Å². The normalized spacial score (nSPS) is 26.0. The molecule has 5 heteroatoms. The van der Waals surface area contributed by atoms with Gasteiger partial charge in [0, 0.05) is 29.5 Å². The first-order valence-electron chi connectivity index (χ1n) is 7.97. The summed E-state index contributed by atoms with van der Waals surface area (Å²) in [4.78, 5) is 14.6. The van der Waals surface area contributed by atoms with Crippen LogP contribution < -0.4 is 4.90 Å². The Kier molecular flexibility index (Phi) is 3.66. The number of hydrogen-bond acceptors (Lipinski definition) is 3. The molecule has 2 aliphatic heterocycles. The number of rotatable bonds is 2. The second kappa shape index (κ2) is 5.69. The number of fused-ring (bicyclic) bond motifs is 3. The second-order valence-corrected chi connectivity index (χ2v) is 6.46. The molecule has 0 saturated carbocycles. The van der Waals surface area contributed by atoms with Crippen LogP contribution in [0, 0.1) is 5.92 Å². The minimum Gasteiger partial charge on any atom is -0.467 e. The first-order valence-corrected chi connectivity index (χ1v) is 8.35. The third kappa shape index (κ3) is 2.28. The first-order chi connectivity index (χ1) is 11.2. The molecule has 0 spiro atoms. The molecule has 1 fully saturated rings. The van der Waals surface area contributed by atoms with Crippen LogP contribution in [0.1, 0.15) is 43.2 Å². The number of anilines is 1. The van der Waals surface area contributed by atoms with Crippen LogP contribution in [-0.2, 0) is 9.53 Å². The fourth-order valence-electron chi connectivity index (χ4n) is 3.82. The standard InChI is InChI=1S/C18H18ClNO3/c1-2-16(21)20-14-6-5-11(19)10-13(14)18-12(7-9-23-18)17(20)15-4-3-8-22-15/h3-6,8,10,12,17-18H,2,7,9H2,1H3/t12-,17+,18+/m0/s1. The largest absolute Gasteiger partial charge is 0.467 e. The Bertz CT molecular complexity index is 728.